The fourth-order valence-corrected chi connectivity index (χ4v) is 2.88. The van der Waals surface area contributed by atoms with Crippen molar-refractivity contribution in [3.05, 3.63) is 23.2 Å². The van der Waals surface area contributed by atoms with Gasteiger partial charge >= 0.3 is 0 Å². The van der Waals surface area contributed by atoms with Crippen LogP contribution < -0.4 is 11.1 Å². The largest absolute Gasteiger partial charge is 0.398 e. The Kier molecular flexibility index (Phi) is 4.36. The lowest BCUT2D eigenvalue weighted by Gasteiger charge is -2.07. The predicted molar refractivity (Wildman–Crippen MR) is 66.6 cm³/mol. The van der Waals surface area contributed by atoms with Crippen molar-refractivity contribution >= 4 is 33.0 Å². The predicted octanol–water partition coefficient (Wildman–Crippen LogP) is 0.832. The fourth-order valence-electron chi connectivity index (χ4n) is 1.24. The Morgan fingerprint density at radius 2 is 2.12 bits per heavy atom. The SMILES string of the molecule is CNC(=O)CCS(=O)(=O)c1cc(Cl)ccc1N. The minimum atomic E-state index is -3.59. The van der Waals surface area contributed by atoms with Crippen molar-refractivity contribution in [3.8, 4) is 0 Å². The number of rotatable bonds is 4. The maximum Gasteiger partial charge on any atom is 0.220 e. The molecule has 1 aromatic rings. The molecule has 0 heterocycles. The highest BCUT2D eigenvalue weighted by Gasteiger charge is 2.19. The average molecular weight is 277 g/mol. The molecule has 5 nitrogen and oxygen atoms in total. The van der Waals surface area contributed by atoms with E-state index in [0.29, 0.717) is 0 Å². The second-order valence-corrected chi connectivity index (χ2v) is 5.94. The summed E-state index contributed by atoms with van der Waals surface area (Å²) in [4.78, 5) is 11.0. The van der Waals surface area contributed by atoms with Crippen molar-refractivity contribution < 1.29 is 13.2 Å². The third-order valence-corrected chi connectivity index (χ3v) is 4.19. The molecular weight excluding hydrogens is 264 g/mol. The first-order valence-electron chi connectivity index (χ1n) is 4.85. The van der Waals surface area contributed by atoms with Gasteiger partial charge in [-0.2, -0.15) is 0 Å². The zero-order chi connectivity index (χ0) is 13.1. The van der Waals surface area contributed by atoms with E-state index in [-0.39, 0.29) is 33.7 Å². The summed E-state index contributed by atoms with van der Waals surface area (Å²) in [6.45, 7) is 0. The van der Waals surface area contributed by atoms with E-state index < -0.39 is 9.84 Å². The third kappa shape index (κ3) is 3.61. The van der Waals surface area contributed by atoms with Crippen LogP contribution >= 0.6 is 11.6 Å². The smallest absolute Gasteiger partial charge is 0.220 e. The zero-order valence-corrected chi connectivity index (χ0v) is 10.8. The van der Waals surface area contributed by atoms with E-state index in [0.717, 1.165) is 0 Å². The molecule has 17 heavy (non-hydrogen) atoms. The minimum absolute atomic E-state index is 0.0334. The van der Waals surface area contributed by atoms with Crippen LogP contribution in [0.5, 0.6) is 0 Å². The number of carbonyl (C=O) groups is 1. The molecule has 94 valence electrons. The van der Waals surface area contributed by atoms with E-state index in [1.807, 2.05) is 0 Å². The number of hydrogen-bond acceptors (Lipinski definition) is 4. The van der Waals surface area contributed by atoms with Gasteiger partial charge in [0.15, 0.2) is 9.84 Å². The van der Waals surface area contributed by atoms with Gasteiger partial charge < -0.3 is 11.1 Å². The summed E-state index contributed by atoms with van der Waals surface area (Å²) in [6, 6.07) is 4.22. The number of halogens is 1. The van der Waals surface area contributed by atoms with Gasteiger partial charge in [-0.05, 0) is 18.2 Å². The molecule has 0 saturated carbocycles. The van der Waals surface area contributed by atoms with Crippen molar-refractivity contribution in [2.24, 2.45) is 0 Å². The molecule has 1 rings (SSSR count). The summed E-state index contributed by atoms with van der Waals surface area (Å²) < 4.78 is 23.8. The number of nitrogens with one attached hydrogen (secondary N) is 1. The topological polar surface area (TPSA) is 89.3 Å². The summed E-state index contributed by atoms with van der Waals surface area (Å²) in [7, 11) is -2.14. The Balaban J connectivity index is 2.97. The molecule has 0 spiro atoms. The Labute approximate surface area is 105 Å². The molecular formula is C10H13ClN2O3S. The normalized spacial score (nSPS) is 11.2. The van der Waals surface area contributed by atoms with Gasteiger partial charge in [0.1, 0.15) is 0 Å². The van der Waals surface area contributed by atoms with Crippen molar-refractivity contribution in [3.63, 3.8) is 0 Å². The monoisotopic (exact) mass is 276 g/mol. The van der Waals surface area contributed by atoms with Gasteiger partial charge in [0, 0.05) is 18.5 Å². The summed E-state index contributed by atoms with van der Waals surface area (Å²) in [6.07, 6.45) is -0.106. The molecule has 3 N–H and O–H groups in total. The fraction of sp³-hybridized carbons (Fsp3) is 0.300. The number of benzene rings is 1. The lowest BCUT2D eigenvalue weighted by Crippen LogP contribution is -2.21. The molecule has 0 aliphatic rings. The van der Waals surface area contributed by atoms with E-state index in [9.17, 15) is 13.2 Å². The maximum absolute atomic E-state index is 11.9. The summed E-state index contributed by atoms with van der Waals surface area (Å²) in [5, 5.41) is 2.64. The summed E-state index contributed by atoms with van der Waals surface area (Å²) in [5.41, 5.74) is 5.71. The Hall–Kier alpha value is -1.27. The first kappa shape index (κ1) is 13.8. The van der Waals surface area contributed by atoms with Crippen LogP contribution in [0.25, 0.3) is 0 Å². The van der Waals surface area contributed by atoms with E-state index in [2.05, 4.69) is 5.32 Å². The summed E-state index contributed by atoms with van der Waals surface area (Å²) >= 11 is 5.71. The van der Waals surface area contributed by atoms with Gasteiger partial charge in [0.2, 0.25) is 5.91 Å². The molecule has 0 unspecified atom stereocenters. The first-order chi connectivity index (χ1) is 7.86. The first-order valence-corrected chi connectivity index (χ1v) is 6.88. The average Bonchev–Trinajstić information content (AvgIpc) is 2.29. The molecule has 0 saturated heterocycles. The molecule has 1 amide bonds. The van der Waals surface area contributed by atoms with E-state index in [1.54, 1.807) is 0 Å². The van der Waals surface area contributed by atoms with Crippen LogP contribution in [-0.4, -0.2) is 27.1 Å². The molecule has 0 bridgehead atoms. The van der Waals surface area contributed by atoms with Gasteiger partial charge in [0.25, 0.3) is 0 Å². The number of anilines is 1. The van der Waals surface area contributed by atoms with Gasteiger partial charge in [-0.3, -0.25) is 4.79 Å². The van der Waals surface area contributed by atoms with Gasteiger partial charge in [-0.15, -0.1) is 0 Å². The molecule has 0 radical (unpaired) electrons. The Bertz CT molecular complexity index is 528. The van der Waals surface area contributed by atoms with Gasteiger partial charge in [-0.25, -0.2) is 8.42 Å². The second-order valence-electron chi connectivity index (χ2n) is 3.42. The molecule has 0 aromatic heterocycles. The highest BCUT2D eigenvalue weighted by molar-refractivity contribution is 7.91. The van der Waals surface area contributed by atoms with Crippen molar-refractivity contribution in [1.29, 1.82) is 0 Å². The van der Waals surface area contributed by atoms with E-state index in [4.69, 9.17) is 17.3 Å². The molecule has 0 fully saturated rings. The summed E-state index contributed by atoms with van der Waals surface area (Å²) in [5.74, 6) is -0.633. The number of nitrogens with two attached hydrogens (primary N) is 1. The number of hydrogen-bond donors (Lipinski definition) is 2. The van der Waals surface area contributed by atoms with Crippen molar-refractivity contribution in [2.45, 2.75) is 11.3 Å². The van der Waals surface area contributed by atoms with Crippen LogP contribution in [0, 0.1) is 0 Å². The molecule has 0 atom stereocenters. The van der Waals surface area contributed by atoms with Crippen molar-refractivity contribution in [1.82, 2.24) is 5.32 Å². The van der Waals surface area contributed by atoms with Crippen LogP contribution in [0.1, 0.15) is 6.42 Å². The van der Waals surface area contributed by atoms with Gasteiger partial charge in [-0.1, -0.05) is 11.6 Å². The van der Waals surface area contributed by atoms with Gasteiger partial charge in [0.05, 0.1) is 16.3 Å². The van der Waals surface area contributed by atoms with Crippen LogP contribution in [0.15, 0.2) is 23.1 Å². The minimum Gasteiger partial charge on any atom is -0.398 e. The Morgan fingerprint density at radius 1 is 1.47 bits per heavy atom. The maximum atomic E-state index is 11.9. The highest BCUT2D eigenvalue weighted by atomic mass is 35.5. The van der Waals surface area contributed by atoms with Crippen LogP contribution in [0.4, 0.5) is 5.69 Å². The number of nitrogen functional groups attached to an aromatic ring is 1. The van der Waals surface area contributed by atoms with E-state index in [1.165, 1.54) is 25.2 Å². The lowest BCUT2D eigenvalue weighted by atomic mass is 10.3. The molecule has 0 aliphatic carbocycles. The third-order valence-electron chi connectivity index (χ3n) is 2.19. The lowest BCUT2D eigenvalue weighted by molar-refractivity contribution is -0.120. The van der Waals surface area contributed by atoms with Crippen LogP contribution in [-0.2, 0) is 14.6 Å². The quantitative estimate of drug-likeness (QED) is 0.797. The standard InChI is InChI=1S/C10H13ClN2O3S/c1-13-10(14)4-5-17(15,16)9-6-7(11)2-3-8(9)12/h2-3,6H,4-5,12H2,1H3,(H,13,14). The number of carbonyl (C=O) groups excluding carboxylic acids is 1. The number of amides is 1. The second kappa shape index (κ2) is 5.37. The zero-order valence-electron chi connectivity index (χ0n) is 9.23. The van der Waals surface area contributed by atoms with E-state index >= 15 is 0 Å². The van der Waals surface area contributed by atoms with Crippen molar-refractivity contribution in [2.75, 3.05) is 18.5 Å². The number of sulfone groups is 1. The Morgan fingerprint density at radius 3 is 2.71 bits per heavy atom. The highest BCUT2D eigenvalue weighted by Crippen LogP contribution is 2.24. The van der Waals surface area contributed by atoms with Crippen LogP contribution in [0.2, 0.25) is 5.02 Å². The molecule has 1 aromatic carbocycles. The molecule has 7 heteroatoms. The molecule has 0 aliphatic heterocycles. The van der Waals surface area contributed by atoms with Crippen LogP contribution in [0.3, 0.4) is 0 Å².